The Hall–Kier alpha value is -1.18. The normalized spacial score (nSPS) is 25.4. The van der Waals surface area contributed by atoms with E-state index in [9.17, 15) is 9.18 Å². The second-order valence-corrected chi connectivity index (χ2v) is 4.71. The molecule has 0 atom stereocenters. The zero-order valence-electron chi connectivity index (χ0n) is 9.58. The van der Waals surface area contributed by atoms with Crippen LogP contribution in [0.4, 0.5) is 4.39 Å². The van der Waals surface area contributed by atoms with Crippen molar-refractivity contribution in [2.75, 3.05) is 0 Å². The van der Waals surface area contributed by atoms with Crippen molar-refractivity contribution in [3.63, 3.8) is 0 Å². The third-order valence-corrected chi connectivity index (χ3v) is 3.64. The van der Waals surface area contributed by atoms with Gasteiger partial charge in [-0.1, -0.05) is 12.1 Å². The zero-order valence-corrected chi connectivity index (χ0v) is 9.58. The van der Waals surface area contributed by atoms with E-state index in [1.54, 1.807) is 6.92 Å². The van der Waals surface area contributed by atoms with E-state index in [0.29, 0.717) is 11.7 Å². The van der Waals surface area contributed by atoms with Crippen molar-refractivity contribution in [2.24, 2.45) is 5.92 Å². The topological polar surface area (TPSA) is 17.1 Å². The van der Waals surface area contributed by atoms with Gasteiger partial charge in [-0.05, 0) is 56.2 Å². The monoisotopic (exact) mass is 220 g/mol. The molecule has 1 nitrogen and oxygen atoms in total. The number of Topliss-reactive ketones (excluding diaryl/α,β-unsaturated/α-hetero) is 1. The fourth-order valence-corrected chi connectivity index (χ4v) is 2.57. The summed E-state index contributed by atoms with van der Waals surface area (Å²) in [5.74, 6) is 0.909. The summed E-state index contributed by atoms with van der Waals surface area (Å²) in [5, 5.41) is 0. The maximum atomic E-state index is 12.8. The van der Waals surface area contributed by atoms with Crippen LogP contribution in [0.1, 0.15) is 44.1 Å². The summed E-state index contributed by atoms with van der Waals surface area (Å²) in [6.45, 7) is 1.68. The van der Waals surface area contributed by atoms with Crippen molar-refractivity contribution in [1.29, 1.82) is 0 Å². The number of halogens is 1. The van der Waals surface area contributed by atoms with Crippen LogP contribution in [0.25, 0.3) is 0 Å². The van der Waals surface area contributed by atoms with Crippen LogP contribution in [-0.4, -0.2) is 5.78 Å². The lowest BCUT2D eigenvalue weighted by atomic mass is 9.77. The molecule has 0 saturated heterocycles. The predicted octanol–water partition coefficient (Wildman–Crippen LogP) is 3.69. The maximum absolute atomic E-state index is 12.8. The predicted molar refractivity (Wildman–Crippen MR) is 61.8 cm³/mol. The first-order valence-corrected chi connectivity index (χ1v) is 5.92. The van der Waals surface area contributed by atoms with Crippen molar-refractivity contribution in [3.8, 4) is 0 Å². The van der Waals surface area contributed by atoms with Gasteiger partial charge in [0.05, 0.1) is 0 Å². The van der Waals surface area contributed by atoms with Gasteiger partial charge in [-0.3, -0.25) is 4.79 Å². The maximum Gasteiger partial charge on any atom is 0.132 e. The van der Waals surface area contributed by atoms with E-state index in [1.165, 1.54) is 17.7 Å². The van der Waals surface area contributed by atoms with Crippen LogP contribution in [0.2, 0.25) is 0 Å². The van der Waals surface area contributed by atoms with Crippen molar-refractivity contribution in [2.45, 2.75) is 38.5 Å². The number of benzene rings is 1. The van der Waals surface area contributed by atoms with E-state index in [0.717, 1.165) is 25.7 Å². The molecule has 1 aromatic carbocycles. The summed E-state index contributed by atoms with van der Waals surface area (Å²) in [7, 11) is 0. The van der Waals surface area contributed by atoms with Crippen LogP contribution in [0.5, 0.6) is 0 Å². The second-order valence-electron chi connectivity index (χ2n) is 4.71. The molecule has 0 aromatic heterocycles. The average Bonchev–Trinajstić information content (AvgIpc) is 2.30. The van der Waals surface area contributed by atoms with E-state index < -0.39 is 0 Å². The lowest BCUT2D eigenvalue weighted by molar-refractivity contribution is -0.121. The molecule has 16 heavy (non-hydrogen) atoms. The Morgan fingerprint density at radius 3 is 2.19 bits per heavy atom. The summed E-state index contributed by atoms with van der Waals surface area (Å²) in [6.07, 6.45) is 4.07. The summed E-state index contributed by atoms with van der Waals surface area (Å²) >= 11 is 0. The Kier molecular flexibility index (Phi) is 3.37. The molecule has 86 valence electrons. The van der Waals surface area contributed by atoms with Gasteiger partial charge >= 0.3 is 0 Å². The number of ketones is 1. The SMILES string of the molecule is CC(=O)C1CCC(c2ccc(F)cc2)CC1. The molecule has 0 unspecified atom stereocenters. The number of hydrogen-bond acceptors (Lipinski definition) is 1. The van der Waals surface area contributed by atoms with Gasteiger partial charge in [0, 0.05) is 5.92 Å². The lowest BCUT2D eigenvalue weighted by Gasteiger charge is -2.27. The Bertz CT molecular complexity index is 361. The fourth-order valence-electron chi connectivity index (χ4n) is 2.57. The van der Waals surface area contributed by atoms with Crippen molar-refractivity contribution >= 4 is 5.78 Å². The summed E-state index contributed by atoms with van der Waals surface area (Å²) in [6, 6.07) is 6.78. The van der Waals surface area contributed by atoms with Gasteiger partial charge in [0.2, 0.25) is 0 Å². The first-order valence-electron chi connectivity index (χ1n) is 5.92. The van der Waals surface area contributed by atoms with Gasteiger partial charge in [-0.2, -0.15) is 0 Å². The highest BCUT2D eigenvalue weighted by atomic mass is 19.1. The number of carbonyl (C=O) groups excluding carboxylic acids is 1. The summed E-state index contributed by atoms with van der Waals surface area (Å²) in [5.41, 5.74) is 1.21. The molecule has 1 fully saturated rings. The Morgan fingerprint density at radius 2 is 1.69 bits per heavy atom. The first-order chi connectivity index (χ1) is 7.66. The Balaban J connectivity index is 1.99. The van der Waals surface area contributed by atoms with E-state index in [2.05, 4.69) is 0 Å². The van der Waals surface area contributed by atoms with Gasteiger partial charge < -0.3 is 0 Å². The third-order valence-electron chi connectivity index (χ3n) is 3.64. The molecule has 0 spiro atoms. The zero-order chi connectivity index (χ0) is 11.5. The van der Waals surface area contributed by atoms with E-state index in [-0.39, 0.29) is 11.7 Å². The minimum Gasteiger partial charge on any atom is -0.300 e. The molecule has 0 aliphatic heterocycles. The largest absolute Gasteiger partial charge is 0.300 e. The molecule has 2 heteroatoms. The number of rotatable bonds is 2. The van der Waals surface area contributed by atoms with Crippen LogP contribution in [0.3, 0.4) is 0 Å². The second kappa shape index (κ2) is 4.77. The van der Waals surface area contributed by atoms with Crippen LogP contribution in [0, 0.1) is 11.7 Å². The highest BCUT2D eigenvalue weighted by Gasteiger charge is 2.24. The Morgan fingerprint density at radius 1 is 1.12 bits per heavy atom. The summed E-state index contributed by atoms with van der Waals surface area (Å²) in [4.78, 5) is 11.2. The Labute approximate surface area is 95.7 Å². The van der Waals surface area contributed by atoms with E-state index in [4.69, 9.17) is 0 Å². The first kappa shape index (κ1) is 11.3. The molecule has 0 amide bonds. The molecule has 1 aliphatic rings. The molecule has 0 N–H and O–H groups in total. The molecular formula is C14H17FO. The van der Waals surface area contributed by atoms with Crippen LogP contribution >= 0.6 is 0 Å². The third kappa shape index (κ3) is 2.49. The smallest absolute Gasteiger partial charge is 0.132 e. The summed E-state index contributed by atoms with van der Waals surface area (Å²) < 4.78 is 12.8. The molecule has 0 bridgehead atoms. The van der Waals surface area contributed by atoms with E-state index in [1.807, 2.05) is 12.1 Å². The number of hydrogen-bond donors (Lipinski definition) is 0. The molecule has 1 aromatic rings. The molecule has 1 saturated carbocycles. The van der Waals surface area contributed by atoms with Crippen molar-refractivity contribution in [1.82, 2.24) is 0 Å². The molecular weight excluding hydrogens is 203 g/mol. The van der Waals surface area contributed by atoms with Gasteiger partial charge in [-0.25, -0.2) is 4.39 Å². The molecule has 0 radical (unpaired) electrons. The van der Waals surface area contributed by atoms with Crippen LogP contribution in [0.15, 0.2) is 24.3 Å². The highest BCUT2D eigenvalue weighted by molar-refractivity contribution is 5.78. The minimum atomic E-state index is -0.179. The average molecular weight is 220 g/mol. The van der Waals surface area contributed by atoms with Gasteiger partial charge in [0.15, 0.2) is 0 Å². The highest BCUT2D eigenvalue weighted by Crippen LogP contribution is 2.35. The lowest BCUT2D eigenvalue weighted by Crippen LogP contribution is -2.18. The molecule has 1 aliphatic carbocycles. The van der Waals surface area contributed by atoms with Crippen molar-refractivity contribution < 1.29 is 9.18 Å². The molecule has 2 rings (SSSR count). The standard InChI is InChI=1S/C14H17FO/c1-10(16)11-2-4-12(5-3-11)13-6-8-14(15)9-7-13/h6-9,11-12H,2-5H2,1H3. The minimum absolute atomic E-state index is 0.179. The van der Waals surface area contributed by atoms with Gasteiger partial charge in [0.1, 0.15) is 11.6 Å². The van der Waals surface area contributed by atoms with Crippen LogP contribution < -0.4 is 0 Å². The number of carbonyl (C=O) groups is 1. The molecule has 0 heterocycles. The van der Waals surface area contributed by atoms with Crippen molar-refractivity contribution in [3.05, 3.63) is 35.6 Å². The van der Waals surface area contributed by atoms with Gasteiger partial charge in [0.25, 0.3) is 0 Å². The van der Waals surface area contributed by atoms with Crippen LogP contribution in [-0.2, 0) is 4.79 Å². The fraction of sp³-hybridized carbons (Fsp3) is 0.500. The van der Waals surface area contributed by atoms with Gasteiger partial charge in [-0.15, -0.1) is 0 Å². The quantitative estimate of drug-likeness (QED) is 0.743. The van der Waals surface area contributed by atoms with E-state index >= 15 is 0 Å².